The van der Waals surface area contributed by atoms with Gasteiger partial charge >= 0.3 is 0 Å². The lowest BCUT2D eigenvalue weighted by Gasteiger charge is -2.39. The molecule has 0 spiro atoms. The van der Waals surface area contributed by atoms with Crippen molar-refractivity contribution in [3.63, 3.8) is 0 Å². The average molecular weight is 508 g/mol. The second kappa shape index (κ2) is 12.4. The summed E-state index contributed by atoms with van der Waals surface area (Å²) in [5, 5.41) is 6.57. The van der Waals surface area contributed by atoms with Crippen molar-refractivity contribution >= 4 is 29.9 Å². The van der Waals surface area contributed by atoms with E-state index < -0.39 is 0 Å². The first-order chi connectivity index (χ1) is 12.9. The smallest absolute Gasteiger partial charge is 0.191 e. The van der Waals surface area contributed by atoms with E-state index in [0.717, 1.165) is 38.8 Å². The van der Waals surface area contributed by atoms with Gasteiger partial charge in [0.1, 0.15) is 17.7 Å². The molecule has 1 aliphatic rings. The largest absolute Gasteiger partial charge is 0.489 e. The molecule has 160 valence electrons. The van der Waals surface area contributed by atoms with Crippen molar-refractivity contribution in [2.24, 2.45) is 4.99 Å². The molecule has 2 N–H and O–H groups in total. The summed E-state index contributed by atoms with van der Waals surface area (Å²) < 4.78 is 24.5. The van der Waals surface area contributed by atoms with Crippen LogP contribution in [0.4, 0.5) is 4.39 Å². The van der Waals surface area contributed by atoms with Gasteiger partial charge in [0.15, 0.2) is 5.96 Å². The van der Waals surface area contributed by atoms with E-state index in [9.17, 15) is 4.39 Å². The summed E-state index contributed by atoms with van der Waals surface area (Å²) in [6.07, 6.45) is -0.122. The highest BCUT2D eigenvalue weighted by Crippen LogP contribution is 2.16. The minimum atomic E-state index is -0.298. The predicted octanol–water partition coefficient (Wildman–Crippen LogP) is 2.88. The first-order valence-corrected chi connectivity index (χ1v) is 9.68. The second-order valence-corrected chi connectivity index (χ2v) is 7.37. The summed E-state index contributed by atoms with van der Waals surface area (Å²) >= 11 is 0. The van der Waals surface area contributed by atoms with Crippen molar-refractivity contribution in [2.45, 2.75) is 39.3 Å². The van der Waals surface area contributed by atoms with Gasteiger partial charge in [-0.05, 0) is 39.8 Å². The van der Waals surface area contributed by atoms with Crippen molar-refractivity contribution in [1.82, 2.24) is 15.5 Å². The number of nitrogens with one attached hydrogen (secondary N) is 2. The number of guanidine groups is 1. The Labute approximate surface area is 185 Å². The Balaban J connectivity index is 0.00000392. The van der Waals surface area contributed by atoms with Crippen LogP contribution in [0.5, 0.6) is 5.75 Å². The highest BCUT2D eigenvalue weighted by atomic mass is 127. The van der Waals surface area contributed by atoms with Crippen molar-refractivity contribution < 1.29 is 13.9 Å². The van der Waals surface area contributed by atoms with Crippen LogP contribution in [0.2, 0.25) is 0 Å². The van der Waals surface area contributed by atoms with Gasteiger partial charge in [-0.25, -0.2) is 4.39 Å². The van der Waals surface area contributed by atoms with Crippen molar-refractivity contribution in [3.8, 4) is 5.75 Å². The van der Waals surface area contributed by atoms with Gasteiger partial charge in [0.2, 0.25) is 0 Å². The molecule has 1 aromatic rings. The Kier molecular flexibility index (Phi) is 11.1. The van der Waals surface area contributed by atoms with Crippen LogP contribution in [0.3, 0.4) is 0 Å². The minimum absolute atomic E-state index is 0. The summed E-state index contributed by atoms with van der Waals surface area (Å²) in [4.78, 5) is 7.17. The van der Waals surface area contributed by atoms with Crippen LogP contribution < -0.4 is 15.4 Å². The molecule has 1 atom stereocenters. The van der Waals surface area contributed by atoms with Crippen LogP contribution in [-0.4, -0.2) is 68.4 Å². The fourth-order valence-electron chi connectivity index (χ4n) is 2.94. The minimum Gasteiger partial charge on any atom is -0.489 e. The SMILES string of the molecule is CCNC(=NCC(C)(C)N1CCOCC1)NCC(C)Oc1cccc(F)c1.I. The summed E-state index contributed by atoms with van der Waals surface area (Å²) in [6.45, 7) is 13.9. The highest BCUT2D eigenvalue weighted by molar-refractivity contribution is 14.0. The number of ether oxygens (including phenoxy) is 2. The molecule has 0 radical (unpaired) electrons. The molecule has 0 amide bonds. The van der Waals surface area contributed by atoms with Gasteiger partial charge in [0.05, 0.1) is 26.3 Å². The van der Waals surface area contributed by atoms with Gasteiger partial charge in [0, 0.05) is 31.2 Å². The number of morpholine rings is 1. The van der Waals surface area contributed by atoms with E-state index in [1.165, 1.54) is 12.1 Å². The number of halogens is 2. The predicted molar refractivity (Wildman–Crippen MR) is 122 cm³/mol. The molecule has 0 saturated carbocycles. The molecule has 1 aromatic carbocycles. The van der Waals surface area contributed by atoms with Crippen LogP contribution >= 0.6 is 24.0 Å². The lowest BCUT2D eigenvalue weighted by Crippen LogP contribution is -2.52. The van der Waals surface area contributed by atoms with E-state index in [0.29, 0.717) is 18.8 Å². The molecule has 28 heavy (non-hydrogen) atoms. The van der Waals surface area contributed by atoms with E-state index >= 15 is 0 Å². The zero-order valence-electron chi connectivity index (χ0n) is 17.3. The highest BCUT2D eigenvalue weighted by Gasteiger charge is 2.28. The van der Waals surface area contributed by atoms with E-state index in [2.05, 4.69) is 29.4 Å². The summed E-state index contributed by atoms with van der Waals surface area (Å²) in [6, 6.07) is 6.19. The average Bonchev–Trinajstić information content (AvgIpc) is 2.65. The standard InChI is InChI=1S/C20H33FN4O2.HI/c1-5-22-19(24-15-20(3,4)25-9-11-26-12-10-25)23-14-16(2)27-18-8-6-7-17(21)13-18;/h6-8,13,16H,5,9-12,14-15H2,1-4H3,(H2,22,23,24);1H. The van der Waals surface area contributed by atoms with Crippen molar-refractivity contribution in [1.29, 1.82) is 0 Å². The molecular formula is C20H34FIN4O2. The number of rotatable bonds is 8. The van der Waals surface area contributed by atoms with Crippen LogP contribution in [0.15, 0.2) is 29.3 Å². The Hall–Kier alpha value is -1.13. The fraction of sp³-hybridized carbons (Fsp3) is 0.650. The number of hydrogen-bond acceptors (Lipinski definition) is 4. The molecule has 1 saturated heterocycles. The third kappa shape index (κ3) is 8.48. The fourth-order valence-corrected chi connectivity index (χ4v) is 2.94. The maximum absolute atomic E-state index is 13.3. The third-order valence-electron chi connectivity index (χ3n) is 4.53. The van der Waals surface area contributed by atoms with Crippen LogP contribution in [0.1, 0.15) is 27.7 Å². The quantitative estimate of drug-likeness (QED) is 0.322. The van der Waals surface area contributed by atoms with Crippen molar-refractivity contribution in [3.05, 3.63) is 30.1 Å². The first-order valence-electron chi connectivity index (χ1n) is 9.68. The van der Waals surface area contributed by atoms with Crippen LogP contribution in [-0.2, 0) is 4.74 Å². The Morgan fingerprint density at radius 3 is 2.68 bits per heavy atom. The molecule has 0 aliphatic carbocycles. The molecule has 1 unspecified atom stereocenters. The first kappa shape index (κ1) is 24.9. The lowest BCUT2D eigenvalue weighted by atomic mass is 10.0. The maximum atomic E-state index is 13.3. The molecule has 1 heterocycles. The zero-order valence-corrected chi connectivity index (χ0v) is 19.7. The molecule has 2 rings (SSSR count). The Morgan fingerprint density at radius 2 is 2.04 bits per heavy atom. The lowest BCUT2D eigenvalue weighted by molar-refractivity contribution is -0.00684. The van der Waals surface area contributed by atoms with Gasteiger partial charge in [-0.3, -0.25) is 9.89 Å². The summed E-state index contributed by atoms with van der Waals surface area (Å²) in [5.41, 5.74) is -0.0319. The molecule has 1 aliphatic heterocycles. The van der Waals surface area contributed by atoms with Gasteiger partial charge < -0.3 is 20.1 Å². The topological polar surface area (TPSA) is 58.1 Å². The third-order valence-corrected chi connectivity index (χ3v) is 4.53. The second-order valence-electron chi connectivity index (χ2n) is 7.37. The van der Waals surface area contributed by atoms with Crippen LogP contribution in [0.25, 0.3) is 0 Å². The van der Waals surface area contributed by atoms with Gasteiger partial charge in [-0.1, -0.05) is 6.07 Å². The molecule has 0 bridgehead atoms. The Bertz CT molecular complexity index is 610. The summed E-state index contributed by atoms with van der Waals surface area (Å²) in [5.74, 6) is 0.987. The van der Waals surface area contributed by atoms with Gasteiger partial charge in [0.25, 0.3) is 0 Å². The number of hydrogen-bond donors (Lipinski definition) is 2. The normalized spacial score (nSPS) is 16.8. The number of benzene rings is 1. The van der Waals surface area contributed by atoms with E-state index in [-0.39, 0.29) is 41.4 Å². The molecule has 1 fully saturated rings. The monoisotopic (exact) mass is 508 g/mol. The van der Waals surface area contributed by atoms with Crippen molar-refractivity contribution in [2.75, 3.05) is 45.9 Å². The van der Waals surface area contributed by atoms with Crippen LogP contribution in [0, 0.1) is 5.82 Å². The zero-order chi connectivity index (χ0) is 19.7. The maximum Gasteiger partial charge on any atom is 0.191 e. The Morgan fingerprint density at radius 1 is 1.32 bits per heavy atom. The number of nitrogens with zero attached hydrogens (tertiary/aromatic N) is 2. The van der Waals surface area contributed by atoms with E-state index in [1.807, 2.05) is 13.8 Å². The van der Waals surface area contributed by atoms with E-state index in [4.69, 9.17) is 14.5 Å². The number of aliphatic imine (C=N–C) groups is 1. The molecule has 0 aromatic heterocycles. The van der Waals surface area contributed by atoms with E-state index in [1.54, 1.807) is 12.1 Å². The molecular weight excluding hydrogens is 474 g/mol. The van der Waals surface area contributed by atoms with Gasteiger partial charge in [-0.2, -0.15) is 0 Å². The van der Waals surface area contributed by atoms with Gasteiger partial charge in [-0.15, -0.1) is 24.0 Å². The molecule has 6 nitrogen and oxygen atoms in total. The molecule has 8 heteroatoms. The summed E-state index contributed by atoms with van der Waals surface area (Å²) in [7, 11) is 0.